The monoisotopic (exact) mass is 645 g/mol. The standard InChI is InChI=1S/C46H35N3O/c1-2-15-30(16-3-1)45-48-41(29-42(49-45)40-26-12-13-28-47-40)34-20-5-4-17-31(34)35-21-14-25-39-44(35)50-43-27-11-10-24-38(43)46(39)36-22-8-6-18-32(36)33-19-7-9-23-37(33)46/h1-2,4-15,17-29,31,34,45,48H,3,16H2. The van der Waals surface area contributed by atoms with Gasteiger partial charge < -0.3 is 10.1 Å². The first-order valence-corrected chi connectivity index (χ1v) is 17.6. The molecule has 0 saturated heterocycles. The van der Waals surface area contributed by atoms with Gasteiger partial charge in [-0.25, -0.2) is 0 Å². The Hall–Kier alpha value is -6.00. The first-order valence-electron chi connectivity index (χ1n) is 17.6. The van der Waals surface area contributed by atoms with Crippen molar-refractivity contribution in [2.75, 3.05) is 0 Å². The molecule has 1 aromatic heterocycles. The number of pyridine rings is 1. The summed E-state index contributed by atoms with van der Waals surface area (Å²) in [5.74, 6) is 1.90. The van der Waals surface area contributed by atoms with E-state index >= 15 is 0 Å². The van der Waals surface area contributed by atoms with E-state index in [0.29, 0.717) is 0 Å². The lowest BCUT2D eigenvalue weighted by Crippen LogP contribution is -2.38. The van der Waals surface area contributed by atoms with Crippen molar-refractivity contribution in [3.63, 3.8) is 0 Å². The molecule has 3 aliphatic carbocycles. The molecule has 1 N–H and O–H groups in total. The molecule has 0 amide bonds. The highest BCUT2D eigenvalue weighted by atomic mass is 16.5. The van der Waals surface area contributed by atoms with Gasteiger partial charge in [0.15, 0.2) is 0 Å². The van der Waals surface area contributed by atoms with Gasteiger partial charge in [-0.05, 0) is 64.9 Å². The molecule has 4 nitrogen and oxygen atoms in total. The van der Waals surface area contributed by atoms with Gasteiger partial charge in [-0.2, -0.15) is 0 Å². The van der Waals surface area contributed by atoms with Gasteiger partial charge in [0.05, 0.1) is 16.8 Å². The fourth-order valence-electron chi connectivity index (χ4n) is 8.79. The predicted molar refractivity (Wildman–Crippen MR) is 201 cm³/mol. The number of para-hydroxylation sites is 2. The molecule has 240 valence electrons. The number of nitrogens with zero attached hydrogens (tertiary/aromatic N) is 2. The fourth-order valence-corrected chi connectivity index (χ4v) is 8.79. The van der Waals surface area contributed by atoms with Crippen LogP contribution in [-0.2, 0) is 5.41 Å². The average molecular weight is 646 g/mol. The number of hydrogen-bond acceptors (Lipinski definition) is 4. The number of rotatable bonds is 4. The average Bonchev–Trinajstić information content (AvgIpc) is 3.49. The highest BCUT2D eigenvalue weighted by molar-refractivity contribution is 6.08. The van der Waals surface area contributed by atoms with Crippen LogP contribution in [0.15, 0.2) is 180 Å². The molecule has 0 bridgehead atoms. The van der Waals surface area contributed by atoms with Crippen LogP contribution in [0, 0.1) is 5.92 Å². The van der Waals surface area contributed by atoms with Gasteiger partial charge in [0.1, 0.15) is 17.7 Å². The molecule has 50 heavy (non-hydrogen) atoms. The second kappa shape index (κ2) is 11.6. The first-order chi connectivity index (χ1) is 24.8. The number of hydrogen-bond donors (Lipinski definition) is 1. The van der Waals surface area contributed by atoms with Crippen molar-refractivity contribution in [2.24, 2.45) is 10.9 Å². The molecule has 3 heterocycles. The Balaban J connectivity index is 1.15. The quantitative estimate of drug-likeness (QED) is 0.207. The van der Waals surface area contributed by atoms with E-state index < -0.39 is 5.41 Å². The molecular weight excluding hydrogens is 611 g/mol. The number of benzene rings is 4. The molecule has 4 aromatic carbocycles. The lowest BCUT2D eigenvalue weighted by atomic mass is 9.65. The smallest absolute Gasteiger partial charge is 0.141 e. The summed E-state index contributed by atoms with van der Waals surface area (Å²) in [6, 6.07) is 39.2. The van der Waals surface area contributed by atoms with Gasteiger partial charge in [0.2, 0.25) is 0 Å². The molecule has 3 atom stereocenters. The molecule has 5 aliphatic rings. The van der Waals surface area contributed by atoms with Crippen molar-refractivity contribution >= 4 is 5.71 Å². The van der Waals surface area contributed by atoms with Gasteiger partial charge in [-0.15, -0.1) is 0 Å². The molecular formula is C46H35N3O. The summed E-state index contributed by atoms with van der Waals surface area (Å²) in [5.41, 5.74) is 12.4. The molecule has 0 saturated carbocycles. The fraction of sp³-hybridized carbons (Fsp3) is 0.130. The third-order valence-corrected chi connectivity index (χ3v) is 10.9. The van der Waals surface area contributed by atoms with Crippen molar-refractivity contribution < 1.29 is 4.74 Å². The van der Waals surface area contributed by atoms with Crippen LogP contribution in [0.25, 0.3) is 11.1 Å². The minimum Gasteiger partial charge on any atom is -0.456 e. The van der Waals surface area contributed by atoms with E-state index in [2.05, 4.69) is 145 Å². The normalized spacial score (nSPS) is 21.8. The Labute approximate surface area is 292 Å². The number of nitrogens with one attached hydrogen (secondary N) is 1. The van der Waals surface area contributed by atoms with Gasteiger partial charge >= 0.3 is 0 Å². The molecule has 0 radical (unpaired) electrons. The van der Waals surface area contributed by atoms with Crippen molar-refractivity contribution in [3.05, 3.63) is 209 Å². The summed E-state index contributed by atoms with van der Waals surface area (Å²) in [6.07, 6.45) is 21.5. The molecule has 3 unspecified atom stereocenters. The molecule has 4 heteroatoms. The van der Waals surface area contributed by atoms with Crippen molar-refractivity contribution in [1.82, 2.24) is 10.3 Å². The summed E-state index contributed by atoms with van der Waals surface area (Å²) in [6.45, 7) is 0. The van der Waals surface area contributed by atoms with Crippen LogP contribution in [0.1, 0.15) is 52.3 Å². The number of fused-ring (bicyclic) bond motifs is 9. The third kappa shape index (κ3) is 4.31. The molecule has 1 spiro atoms. The minimum atomic E-state index is -0.496. The minimum absolute atomic E-state index is 0.0202. The van der Waals surface area contributed by atoms with Gasteiger partial charge in [0, 0.05) is 40.4 Å². The Morgan fingerprint density at radius 2 is 1.40 bits per heavy atom. The summed E-state index contributed by atoms with van der Waals surface area (Å²) in [4.78, 5) is 9.91. The second-order valence-electron chi connectivity index (χ2n) is 13.6. The molecule has 0 fully saturated rings. The van der Waals surface area contributed by atoms with E-state index in [9.17, 15) is 0 Å². The summed E-state index contributed by atoms with van der Waals surface area (Å²) in [7, 11) is 0. The van der Waals surface area contributed by atoms with Gasteiger partial charge in [0.25, 0.3) is 0 Å². The number of ether oxygens (including phenoxy) is 1. The van der Waals surface area contributed by atoms with Gasteiger partial charge in [-0.1, -0.05) is 134 Å². The van der Waals surface area contributed by atoms with Crippen LogP contribution < -0.4 is 10.1 Å². The third-order valence-electron chi connectivity index (χ3n) is 10.9. The SMILES string of the molecule is C1=CCCC(C2N=C(c3ccccn3)C=C(C3C=CC=CC3c3cccc4c3Oc3ccccc3C43c4ccccc4-c4ccccc43)N2)=C1. The van der Waals surface area contributed by atoms with Crippen LogP contribution in [0.5, 0.6) is 11.5 Å². The first kappa shape index (κ1) is 29.0. The number of aromatic nitrogens is 1. The Kier molecular flexibility index (Phi) is 6.70. The van der Waals surface area contributed by atoms with E-state index in [0.717, 1.165) is 41.4 Å². The van der Waals surface area contributed by atoms with Crippen molar-refractivity contribution in [3.8, 4) is 22.6 Å². The zero-order valence-corrected chi connectivity index (χ0v) is 27.5. The Bertz CT molecular complexity index is 2310. The topological polar surface area (TPSA) is 46.5 Å². The predicted octanol–water partition coefficient (Wildman–Crippen LogP) is 9.96. The Morgan fingerprint density at radius 1 is 0.680 bits per heavy atom. The lowest BCUT2D eigenvalue weighted by molar-refractivity contribution is 0.424. The highest BCUT2D eigenvalue weighted by Gasteiger charge is 2.51. The Morgan fingerprint density at radius 3 is 2.16 bits per heavy atom. The highest BCUT2D eigenvalue weighted by Crippen LogP contribution is 2.63. The van der Waals surface area contributed by atoms with Crippen LogP contribution in [0.4, 0.5) is 0 Å². The second-order valence-corrected chi connectivity index (χ2v) is 13.6. The maximum atomic E-state index is 7.07. The molecule has 5 aromatic rings. The zero-order chi connectivity index (χ0) is 33.1. The largest absolute Gasteiger partial charge is 0.456 e. The van der Waals surface area contributed by atoms with E-state index in [1.807, 2.05) is 24.4 Å². The summed E-state index contributed by atoms with van der Waals surface area (Å²) in [5, 5.41) is 3.88. The van der Waals surface area contributed by atoms with Crippen LogP contribution in [0.2, 0.25) is 0 Å². The summed E-state index contributed by atoms with van der Waals surface area (Å²) < 4.78 is 7.07. The van der Waals surface area contributed by atoms with Crippen LogP contribution in [-0.4, -0.2) is 16.9 Å². The van der Waals surface area contributed by atoms with Crippen molar-refractivity contribution in [2.45, 2.75) is 30.3 Å². The summed E-state index contributed by atoms with van der Waals surface area (Å²) >= 11 is 0. The molecule has 10 rings (SSSR count). The maximum Gasteiger partial charge on any atom is 0.141 e. The zero-order valence-electron chi connectivity index (χ0n) is 27.5. The number of allylic oxidation sites excluding steroid dienone is 8. The number of aliphatic imine (C=N–C) groups is 1. The van der Waals surface area contributed by atoms with E-state index in [1.165, 1.54) is 44.5 Å². The van der Waals surface area contributed by atoms with E-state index in [1.54, 1.807) is 0 Å². The van der Waals surface area contributed by atoms with Crippen LogP contribution >= 0.6 is 0 Å². The van der Waals surface area contributed by atoms with Crippen LogP contribution in [0.3, 0.4) is 0 Å². The molecule has 2 aliphatic heterocycles. The van der Waals surface area contributed by atoms with E-state index in [-0.39, 0.29) is 18.0 Å². The van der Waals surface area contributed by atoms with Gasteiger partial charge in [-0.3, -0.25) is 9.98 Å². The lowest BCUT2D eigenvalue weighted by Gasteiger charge is -2.41. The van der Waals surface area contributed by atoms with E-state index in [4.69, 9.17) is 14.7 Å². The van der Waals surface area contributed by atoms with Crippen molar-refractivity contribution in [1.29, 1.82) is 0 Å². The maximum absolute atomic E-state index is 7.07.